The van der Waals surface area contributed by atoms with E-state index >= 15 is 0 Å². The Morgan fingerprint density at radius 3 is 2.79 bits per heavy atom. The first kappa shape index (κ1) is 14.7. The SMILES string of the molecule is CC(C)N[C@H]1CCS[C@H]2CCC[C@@H](C(=O)O)N2C1=O. The van der Waals surface area contributed by atoms with Gasteiger partial charge in [-0.2, -0.15) is 0 Å². The quantitative estimate of drug-likeness (QED) is 0.818. The number of carbonyl (C=O) groups is 2. The van der Waals surface area contributed by atoms with Crippen molar-refractivity contribution in [2.75, 3.05) is 5.75 Å². The van der Waals surface area contributed by atoms with E-state index in [2.05, 4.69) is 5.32 Å². The number of rotatable bonds is 3. The minimum absolute atomic E-state index is 0.0317. The lowest BCUT2D eigenvalue weighted by Gasteiger charge is -2.39. The highest BCUT2D eigenvalue weighted by molar-refractivity contribution is 7.99. The van der Waals surface area contributed by atoms with Gasteiger partial charge < -0.3 is 15.3 Å². The van der Waals surface area contributed by atoms with Crippen LogP contribution in [0.3, 0.4) is 0 Å². The second-order valence-corrected chi connectivity index (χ2v) is 6.80. The molecule has 0 aromatic carbocycles. The standard InChI is InChI=1S/C13H22N2O3S/c1-8(2)14-9-6-7-19-11-5-3-4-10(13(17)18)15(11)12(9)16/h8-11,14H,3-7H2,1-2H3,(H,17,18)/t9-,10-,11-/m0/s1. The normalized spacial score (nSPS) is 32.1. The van der Waals surface area contributed by atoms with E-state index in [0.29, 0.717) is 6.42 Å². The van der Waals surface area contributed by atoms with E-state index in [1.807, 2.05) is 13.8 Å². The number of hydrogen-bond acceptors (Lipinski definition) is 4. The average molecular weight is 286 g/mol. The summed E-state index contributed by atoms with van der Waals surface area (Å²) in [7, 11) is 0. The minimum atomic E-state index is -0.871. The second-order valence-electron chi connectivity index (χ2n) is 5.52. The molecule has 5 nitrogen and oxygen atoms in total. The highest BCUT2D eigenvalue weighted by atomic mass is 32.2. The topological polar surface area (TPSA) is 69.6 Å². The van der Waals surface area contributed by atoms with E-state index in [-0.39, 0.29) is 23.4 Å². The number of thioether (sulfide) groups is 1. The Bertz CT molecular complexity index is 362. The van der Waals surface area contributed by atoms with Crippen molar-refractivity contribution < 1.29 is 14.7 Å². The zero-order valence-electron chi connectivity index (χ0n) is 11.5. The van der Waals surface area contributed by atoms with Gasteiger partial charge in [-0.3, -0.25) is 4.79 Å². The van der Waals surface area contributed by atoms with Gasteiger partial charge in [-0.25, -0.2) is 4.79 Å². The van der Waals surface area contributed by atoms with Crippen molar-refractivity contribution in [2.24, 2.45) is 0 Å². The summed E-state index contributed by atoms with van der Waals surface area (Å²) >= 11 is 1.73. The van der Waals surface area contributed by atoms with Crippen molar-refractivity contribution in [3.05, 3.63) is 0 Å². The summed E-state index contributed by atoms with van der Waals surface area (Å²) in [5, 5.41) is 12.6. The van der Waals surface area contributed by atoms with E-state index in [1.54, 1.807) is 16.7 Å². The summed E-state index contributed by atoms with van der Waals surface area (Å²) in [6, 6.07) is -0.658. The largest absolute Gasteiger partial charge is 0.480 e. The molecular formula is C13H22N2O3S. The molecule has 0 radical (unpaired) electrons. The molecule has 0 spiro atoms. The third-order valence-electron chi connectivity index (χ3n) is 3.66. The summed E-state index contributed by atoms with van der Waals surface area (Å²) in [4.78, 5) is 25.6. The third kappa shape index (κ3) is 3.23. The molecule has 0 unspecified atom stereocenters. The van der Waals surface area contributed by atoms with Crippen LogP contribution in [0.5, 0.6) is 0 Å². The lowest BCUT2D eigenvalue weighted by atomic mass is 10.00. The van der Waals surface area contributed by atoms with Gasteiger partial charge in [-0.1, -0.05) is 13.8 Å². The zero-order valence-corrected chi connectivity index (χ0v) is 12.3. The van der Waals surface area contributed by atoms with Crippen LogP contribution in [0.25, 0.3) is 0 Å². The lowest BCUT2D eigenvalue weighted by Crippen LogP contribution is -2.57. The number of fused-ring (bicyclic) bond motifs is 1. The van der Waals surface area contributed by atoms with Gasteiger partial charge in [-0.15, -0.1) is 11.8 Å². The highest BCUT2D eigenvalue weighted by Crippen LogP contribution is 2.34. The molecule has 6 heteroatoms. The summed E-state index contributed by atoms with van der Waals surface area (Å²) in [6.45, 7) is 4.02. The monoisotopic (exact) mass is 286 g/mol. The summed E-state index contributed by atoms with van der Waals surface area (Å²) in [5.41, 5.74) is 0. The number of carbonyl (C=O) groups excluding carboxylic acids is 1. The molecule has 0 aliphatic carbocycles. The average Bonchev–Trinajstić information content (AvgIpc) is 2.49. The second kappa shape index (κ2) is 6.13. The molecule has 2 fully saturated rings. The van der Waals surface area contributed by atoms with Gasteiger partial charge in [0.15, 0.2) is 0 Å². The molecule has 0 aromatic heterocycles. The molecule has 19 heavy (non-hydrogen) atoms. The van der Waals surface area contributed by atoms with Crippen molar-refractivity contribution in [1.82, 2.24) is 10.2 Å². The third-order valence-corrected chi connectivity index (χ3v) is 4.98. The molecule has 2 aliphatic heterocycles. The van der Waals surface area contributed by atoms with Gasteiger partial charge in [0.25, 0.3) is 0 Å². The Balaban J connectivity index is 2.20. The Kier molecular flexibility index (Phi) is 4.73. The fraction of sp³-hybridized carbons (Fsp3) is 0.846. The molecule has 3 atom stereocenters. The van der Waals surface area contributed by atoms with Crippen LogP contribution in [0, 0.1) is 0 Å². The maximum Gasteiger partial charge on any atom is 0.326 e. The maximum absolute atomic E-state index is 12.6. The van der Waals surface area contributed by atoms with Gasteiger partial charge in [-0.05, 0) is 31.4 Å². The van der Waals surface area contributed by atoms with Crippen LogP contribution in [0.4, 0.5) is 0 Å². The van der Waals surface area contributed by atoms with Gasteiger partial charge >= 0.3 is 5.97 Å². The summed E-state index contributed by atoms with van der Waals surface area (Å²) in [6.07, 6.45) is 3.16. The molecule has 2 N–H and O–H groups in total. The van der Waals surface area contributed by atoms with Crippen LogP contribution in [0.15, 0.2) is 0 Å². The number of amides is 1. The molecule has 1 amide bonds. The predicted molar refractivity (Wildman–Crippen MR) is 75.0 cm³/mol. The Morgan fingerprint density at radius 1 is 1.42 bits per heavy atom. The van der Waals surface area contributed by atoms with Gasteiger partial charge in [0.1, 0.15) is 6.04 Å². The van der Waals surface area contributed by atoms with Gasteiger partial charge in [0.05, 0.1) is 11.4 Å². The number of hydrogen-bond donors (Lipinski definition) is 2. The van der Waals surface area contributed by atoms with Gasteiger partial charge in [0.2, 0.25) is 5.91 Å². The Hall–Kier alpha value is -0.750. The highest BCUT2D eigenvalue weighted by Gasteiger charge is 2.42. The maximum atomic E-state index is 12.6. The fourth-order valence-electron chi connectivity index (χ4n) is 2.85. The first-order valence-corrected chi connectivity index (χ1v) is 7.98. The summed E-state index contributed by atoms with van der Waals surface area (Å²) < 4.78 is 0. The van der Waals surface area contributed by atoms with Gasteiger partial charge in [0, 0.05) is 6.04 Å². The van der Waals surface area contributed by atoms with Crippen LogP contribution in [-0.2, 0) is 9.59 Å². The van der Waals surface area contributed by atoms with Crippen molar-refractivity contribution in [3.63, 3.8) is 0 Å². The number of nitrogens with zero attached hydrogens (tertiary/aromatic N) is 1. The first-order chi connectivity index (χ1) is 9.00. The first-order valence-electron chi connectivity index (χ1n) is 6.93. The summed E-state index contributed by atoms with van der Waals surface area (Å²) in [5.74, 6) is 0.00328. The number of aliphatic carboxylic acids is 1. The Labute approximate surface area is 118 Å². The fourth-order valence-corrected chi connectivity index (χ4v) is 4.24. The van der Waals surface area contributed by atoms with Crippen LogP contribution in [0.2, 0.25) is 0 Å². The molecule has 2 saturated heterocycles. The van der Waals surface area contributed by atoms with E-state index in [9.17, 15) is 14.7 Å². The van der Waals surface area contributed by atoms with Crippen LogP contribution >= 0.6 is 11.8 Å². The van der Waals surface area contributed by atoms with Crippen molar-refractivity contribution in [1.29, 1.82) is 0 Å². The van der Waals surface area contributed by atoms with E-state index in [1.165, 1.54) is 0 Å². The van der Waals surface area contributed by atoms with Crippen molar-refractivity contribution >= 4 is 23.6 Å². The number of nitrogens with one attached hydrogen (secondary N) is 1. The molecule has 0 saturated carbocycles. The van der Waals surface area contributed by atoms with E-state index in [4.69, 9.17) is 0 Å². The number of carboxylic acids is 1. The molecule has 2 heterocycles. The Morgan fingerprint density at radius 2 is 2.16 bits per heavy atom. The minimum Gasteiger partial charge on any atom is -0.480 e. The molecule has 2 rings (SSSR count). The number of piperidine rings is 1. The molecular weight excluding hydrogens is 264 g/mol. The molecule has 0 bridgehead atoms. The zero-order chi connectivity index (χ0) is 14.0. The predicted octanol–water partition coefficient (Wildman–Crippen LogP) is 1.28. The number of carboxylic acid groups (broad SMARTS) is 1. The molecule has 0 aromatic rings. The van der Waals surface area contributed by atoms with Crippen molar-refractivity contribution in [3.8, 4) is 0 Å². The smallest absolute Gasteiger partial charge is 0.326 e. The molecule has 108 valence electrons. The van der Waals surface area contributed by atoms with Crippen LogP contribution < -0.4 is 5.32 Å². The van der Waals surface area contributed by atoms with Crippen molar-refractivity contribution in [2.45, 2.75) is 63.0 Å². The van der Waals surface area contributed by atoms with E-state index in [0.717, 1.165) is 25.0 Å². The van der Waals surface area contributed by atoms with Crippen LogP contribution in [0.1, 0.15) is 39.5 Å². The van der Waals surface area contributed by atoms with E-state index < -0.39 is 12.0 Å². The lowest BCUT2D eigenvalue weighted by molar-refractivity contribution is -0.153. The van der Waals surface area contributed by atoms with Crippen LogP contribution in [-0.4, -0.2) is 51.1 Å². The molecule has 2 aliphatic rings.